The Labute approximate surface area is 255 Å². The minimum Gasteiger partial charge on any atom is -0.366 e. The van der Waals surface area contributed by atoms with Crippen LogP contribution in [0.5, 0.6) is 0 Å². The van der Waals surface area contributed by atoms with Gasteiger partial charge < -0.3 is 15.5 Å². The SMILES string of the molecule is CCC(=O)c1cnc(NC(=O)C2CC2)cc1Nc1cccc2c1N(C)Cc1c-2cnn1C1CN(Cc2cc(C#N)ccn2)C1. The molecule has 0 radical (unpaired) electrons. The van der Waals surface area contributed by atoms with Gasteiger partial charge in [-0.25, -0.2) is 4.98 Å². The second kappa shape index (κ2) is 11.2. The number of carbonyl (C=O) groups is 2. The van der Waals surface area contributed by atoms with Gasteiger partial charge >= 0.3 is 0 Å². The van der Waals surface area contributed by atoms with Crippen molar-refractivity contribution in [3.63, 3.8) is 0 Å². The zero-order valence-electron chi connectivity index (χ0n) is 24.7. The van der Waals surface area contributed by atoms with Gasteiger partial charge in [0.05, 0.1) is 64.4 Å². The van der Waals surface area contributed by atoms with Gasteiger partial charge in [-0.3, -0.25) is 24.2 Å². The standard InChI is InChI=1S/C33H33N9O2/c1-3-30(43)26-14-36-31(39-33(44)21-7-8-21)12-28(26)38-27-6-4-5-24-25-15-37-42(29(25)19-40(2)32(24)27)23-17-41(18-23)16-22-11-20(13-34)9-10-35-22/h4-6,9-12,14-15,21,23H,3,7-8,16-19H2,1-2H3,(H2,36,38,39,44). The van der Waals surface area contributed by atoms with Crippen LogP contribution < -0.4 is 15.5 Å². The van der Waals surface area contributed by atoms with E-state index in [0.717, 1.165) is 54.1 Å². The van der Waals surface area contributed by atoms with E-state index in [1.165, 1.54) is 5.69 Å². The van der Waals surface area contributed by atoms with Crippen molar-refractivity contribution in [1.82, 2.24) is 24.6 Å². The molecule has 11 nitrogen and oxygen atoms in total. The number of nitriles is 1. The molecule has 2 aliphatic heterocycles. The molecule has 222 valence electrons. The van der Waals surface area contributed by atoms with Crippen LogP contribution in [-0.4, -0.2) is 56.5 Å². The van der Waals surface area contributed by atoms with Gasteiger partial charge in [0.15, 0.2) is 5.78 Å². The second-order valence-corrected chi connectivity index (χ2v) is 11.8. The van der Waals surface area contributed by atoms with Crippen LogP contribution in [0.1, 0.15) is 59.5 Å². The molecule has 2 N–H and O–H groups in total. The topological polar surface area (TPSA) is 132 Å². The Morgan fingerprint density at radius 2 is 1.91 bits per heavy atom. The molecule has 1 saturated carbocycles. The predicted molar refractivity (Wildman–Crippen MR) is 167 cm³/mol. The van der Waals surface area contributed by atoms with E-state index in [2.05, 4.69) is 54.3 Å². The molecule has 3 aromatic heterocycles. The van der Waals surface area contributed by atoms with Gasteiger partial charge in [0.2, 0.25) is 5.91 Å². The van der Waals surface area contributed by atoms with Crippen LogP contribution >= 0.6 is 0 Å². The van der Waals surface area contributed by atoms with Gasteiger partial charge in [-0.1, -0.05) is 19.1 Å². The maximum atomic E-state index is 12.8. The number of nitrogens with zero attached hydrogens (tertiary/aromatic N) is 7. The monoisotopic (exact) mass is 587 g/mol. The molecule has 5 heterocycles. The zero-order valence-corrected chi connectivity index (χ0v) is 24.7. The molecule has 7 rings (SSSR count). The first-order chi connectivity index (χ1) is 21.4. The quantitative estimate of drug-likeness (QED) is 0.262. The first kappa shape index (κ1) is 27.7. The van der Waals surface area contributed by atoms with E-state index in [4.69, 9.17) is 5.10 Å². The number of rotatable bonds is 9. The molecule has 4 aromatic rings. The number of nitrogens with one attached hydrogen (secondary N) is 2. The molecule has 1 aliphatic carbocycles. The van der Waals surface area contributed by atoms with Crippen molar-refractivity contribution in [2.24, 2.45) is 5.92 Å². The van der Waals surface area contributed by atoms with Crippen molar-refractivity contribution in [2.45, 2.75) is 45.3 Å². The normalized spacial score (nSPS) is 16.0. The number of pyridine rings is 2. The lowest BCUT2D eigenvalue weighted by atomic mass is 9.97. The smallest absolute Gasteiger partial charge is 0.228 e. The van der Waals surface area contributed by atoms with Crippen molar-refractivity contribution in [3.05, 3.63) is 77.5 Å². The molecule has 0 spiro atoms. The number of carbonyl (C=O) groups excluding carboxylic acids is 2. The number of aromatic nitrogens is 4. The van der Waals surface area contributed by atoms with E-state index >= 15 is 0 Å². The van der Waals surface area contributed by atoms with Crippen LogP contribution in [0.25, 0.3) is 11.1 Å². The highest BCUT2D eigenvalue weighted by Gasteiger charge is 2.34. The number of likely N-dealkylation sites (tertiary alicyclic amines) is 1. The molecule has 3 aliphatic rings. The summed E-state index contributed by atoms with van der Waals surface area (Å²) in [6.45, 7) is 4.94. The fourth-order valence-corrected chi connectivity index (χ4v) is 6.11. The van der Waals surface area contributed by atoms with Gasteiger partial charge in [-0.15, -0.1) is 0 Å². The summed E-state index contributed by atoms with van der Waals surface area (Å²) >= 11 is 0. The zero-order chi connectivity index (χ0) is 30.4. The molecule has 11 heteroatoms. The average Bonchev–Trinajstić information content (AvgIpc) is 3.79. The summed E-state index contributed by atoms with van der Waals surface area (Å²) in [7, 11) is 2.07. The molecule has 0 atom stereocenters. The summed E-state index contributed by atoms with van der Waals surface area (Å²) in [6, 6.07) is 13.9. The largest absolute Gasteiger partial charge is 0.366 e. The maximum Gasteiger partial charge on any atom is 0.228 e. The Bertz CT molecular complexity index is 1810. The van der Waals surface area contributed by atoms with E-state index in [-0.39, 0.29) is 23.7 Å². The second-order valence-electron chi connectivity index (χ2n) is 11.8. The third-order valence-corrected chi connectivity index (χ3v) is 8.60. The number of hydrogen-bond acceptors (Lipinski definition) is 9. The van der Waals surface area contributed by atoms with Crippen molar-refractivity contribution in [2.75, 3.05) is 35.7 Å². The number of anilines is 4. The summed E-state index contributed by atoms with van der Waals surface area (Å²) in [4.78, 5) is 38.6. The summed E-state index contributed by atoms with van der Waals surface area (Å²) in [5, 5.41) is 20.4. The molecule has 0 unspecified atom stereocenters. The van der Waals surface area contributed by atoms with Crippen molar-refractivity contribution in [1.29, 1.82) is 5.26 Å². The van der Waals surface area contributed by atoms with Gasteiger partial charge in [0.1, 0.15) is 5.82 Å². The lowest BCUT2D eigenvalue weighted by molar-refractivity contribution is -0.117. The fourth-order valence-electron chi connectivity index (χ4n) is 6.11. The highest BCUT2D eigenvalue weighted by Crippen LogP contribution is 2.45. The van der Waals surface area contributed by atoms with Crippen LogP contribution in [-0.2, 0) is 17.9 Å². The van der Waals surface area contributed by atoms with Gasteiger partial charge in [-0.05, 0) is 31.0 Å². The number of Topliss-reactive ketones (excluding diaryl/α,β-unsaturated/α-hetero) is 1. The molecule has 1 amide bonds. The fraction of sp³-hybridized carbons (Fsp3) is 0.333. The predicted octanol–water partition coefficient (Wildman–Crippen LogP) is 4.90. The van der Waals surface area contributed by atoms with Crippen LogP contribution in [0.3, 0.4) is 0 Å². The van der Waals surface area contributed by atoms with E-state index in [1.807, 2.05) is 31.3 Å². The average molecular weight is 588 g/mol. The lowest BCUT2D eigenvalue weighted by Gasteiger charge is -2.40. The number of ketones is 1. The van der Waals surface area contributed by atoms with Crippen molar-refractivity contribution in [3.8, 4) is 17.2 Å². The molecule has 2 fully saturated rings. The summed E-state index contributed by atoms with van der Waals surface area (Å²) < 4.78 is 2.15. The highest BCUT2D eigenvalue weighted by atomic mass is 16.2. The van der Waals surface area contributed by atoms with Gasteiger partial charge in [0, 0.05) is 68.6 Å². The van der Waals surface area contributed by atoms with Crippen LogP contribution in [0.4, 0.5) is 22.9 Å². The molecular weight excluding hydrogens is 554 g/mol. The summed E-state index contributed by atoms with van der Waals surface area (Å²) in [6.07, 6.45) is 7.35. The minimum atomic E-state index is -0.0289. The van der Waals surface area contributed by atoms with Crippen molar-refractivity contribution < 1.29 is 9.59 Å². The molecule has 0 bridgehead atoms. The Hall–Kier alpha value is -5.08. The molecular formula is C33H33N9O2. The Kier molecular flexibility index (Phi) is 7.06. The molecule has 1 aromatic carbocycles. The first-order valence-corrected chi connectivity index (χ1v) is 15.0. The molecule has 44 heavy (non-hydrogen) atoms. The number of fused-ring (bicyclic) bond motifs is 3. The maximum absolute atomic E-state index is 12.8. The van der Waals surface area contributed by atoms with Gasteiger partial charge in [0.25, 0.3) is 0 Å². The summed E-state index contributed by atoms with van der Waals surface area (Å²) in [5.74, 6) is 0.433. The minimum absolute atomic E-state index is 0.0233. The third kappa shape index (κ3) is 5.18. The number of benzene rings is 1. The van der Waals surface area contributed by atoms with E-state index in [9.17, 15) is 14.9 Å². The van der Waals surface area contributed by atoms with E-state index in [1.54, 1.807) is 24.5 Å². The van der Waals surface area contributed by atoms with Crippen LogP contribution in [0, 0.1) is 17.2 Å². The number of amides is 1. The Balaban J connectivity index is 1.13. The van der Waals surface area contributed by atoms with Crippen molar-refractivity contribution >= 4 is 34.6 Å². The first-order valence-electron chi connectivity index (χ1n) is 15.0. The van der Waals surface area contributed by atoms with Gasteiger partial charge in [-0.2, -0.15) is 10.4 Å². The summed E-state index contributed by atoms with van der Waals surface area (Å²) in [5.41, 5.74) is 7.85. The number of hydrogen-bond donors (Lipinski definition) is 2. The van der Waals surface area contributed by atoms with Crippen LogP contribution in [0.2, 0.25) is 0 Å². The highest BCUT2D eigenvalue weighted by molar-refractivity contribution is 6.03. The molecule has 1 saturated heterocycles. The van der Waals surface area contributed by atoms with E-state index in [0.29, 0.717) is 42.1 Å². The van der Waals surface area contributed by atoms with E-state index < -0.39 is 0 Å². The number of para-hydroxylation sites is 1. The van der Waals surface area contributed by atoms with Crippen LogP contribution in [0.15, 0.2) is 55.0 Å². The Morgan fingerprint density at radius 3 is 2.68 bits per heavy atom. The Morgan fingerprint density at radius 1 is 1.07 bits per heavy atom. The lowest BCUT2D eigenvalue weighted by Crippen LogP contribution is -2.48. The third-order valence-electron chi connectivity index (χ3n) is 8.60.